The van der Waals surface area contributed by atoms with Gasteiger partial charge in [-0.15, -0.1) is 0 Å². The number of anilines is 1. The van der Waals surface area contributed by atoms with Crippen molar-refractivity contribution in [2.24, 2.45) is 5.73 Å². The van der Waals surface area contributed by atoms with Crippen molar-refractivity contribution >= 4 is 29.2 Å². The van der Waals surface area contributed by atoms with E-state index < -0.39 is 12.0 Å². The highest BCUT2D eigenvalue weighted by molar-refractivity contribution is 6.33. The minimum atomic E-state index is -1.12. The largest absolute Gasteiger partial charge is 0.480 e. The van der Waals surface area contributed by atoms with Crippen LogP contribution in [0.2, 0.25) is 5.02 Å². The number of rotatable bonds is 5. The predicted octanol–water partition coefficient (Wildman–Crippen LogP) is 1.47. The molecule has 0 fully saturated rings. The van der Waals surface area contributed by atoms with Gasteiger partial charge in [-0.3, -0.25) is 9.59 Å². The summed E-state index contributed by atoms with van der Waals surface area (Å²) < 4.78 is 0. The molecule has 6 heteroatoms. The maximum absolute atomic E-state index is 11.5. The zero-order valence-electron chi connectivity index (χ0n) is 9.02. The van der Waals surface area contributed by atoms with E-state index in [1.807, 2.05) is 0 Å². The molecule has 17 heavy (non-hydrogen) atoms. The molecular formula is C11H13ClN2O3. The number of carboxylic acid groups (broad SMARTS) is 1. The van der Waals surface area contributed by atoms with Crippen molar-refractivity contribution in [1.82, 2.24) is 0 Å². The van der Waals surface area contributed by atoms with E-state index in [0.29, 0.717) is 10.7 Å². The summed E-state index contributed by atoms with van der Waals surface area (Å²) in [5.41, 5.74) is 5.79. The molecule has 1 aromatic carbocycles. The molecule has 92 valence electrons. The number of hydrogen-bond acceptors (Lipinski definition) is 3. The number of halogens is 1. The molecule has 0 saturated carbocycles. The van der Waals surface area contributed by atoms with Gasteiger partial charge in [-0.05, 0) is 18.6 Å². The van der Waals surface area contributed by atoms with Gasteiger partial charge in [0.25, 0.3) is 0 Å². The Morgan fingerprint density at radius 1 is 1.41 bits per heavy atom. The zero-order valence-corrected chi connectivity index (χ0v) is 9.78. The molecule has 0 aliphatic carbocycles. The third-order valence-corrected chi connectivity index (χ3v) is 2.48. The van der Waals surface area contributed by atoms with Gasteiger partial charge in [0, 0.05) is 6.42 Å². The predicted molar refractivity (Wildman–Crippen MR) is 64.9 cm³/mol. The van der Waals surface area contributed by atoms with Crippen molar-refractivity contribution in [2.45, 2.75) is 18.9 Å². The number of carbonyl (C=O) groups is 2. The van der Waals surface area contributed by atoms with Crippen molar-refractivity contribution in [3.8, 4) is 0 Å². The average molecular weight is 257 g/mol. The smallest absolute Gasteiger partial charge is 0.320 e. The highest BCUT2D eigenvalue weighted by Crippen LogP contribution is 2.20. The number of carbonyl (C=O) groups excluding carboxylic acids is 1. The van der Waals surface area contributed by atoms with Crippen LogP contribution in [-0.2, 0) is 9.59 Å². The maximum atomic E-state index is 11.5. The molecule has 0 aliphatic heterocycles. The van der Waals surface area contributed by atoms with Crippen LogP contribution < -0.4 is 11.1 Å². The third kappa shape index (κ3) is 4.42. The minimum Gasteiger partial charge on any atom is -0.480 e. The second kappa shape index (κ2) is 6.22. The van der Waals surface area contributed by atoms with Crippen molar-refractivity contribution in [2.75, 3.05) is 5.32 Å². The summed E-state index contributed by atoms with van der Waals surface area (Å²) in [4.78, 5) is 21.9. The summed E-state index contributed by atoms with van der Waals surface area (Å²) in [5.74, 6) is -1.43. The summed E-state index contributed by atoms with van der Waals surface area (Å²) in [7, 11) is 0. The van der Waals surface area contributed by atoms with Gasteiger partial charge >= 0.3 is 5.97 Å². The standard InChI is InChI=1S/C11H13ClN2O3/c12-7-3-1-2-4-9(7)14-10(15)6-5-8(13)11(16)17/h1-4,8H,5-6,13H2,(H,14,15)(H,16,17)/t8-/m0/s1. The molecule has 0 saturated heterocycles. The molecule has 5 nitrogen and oxygen atoms in total. The molecule has 1 atom stereocenters. The topological polar surface area (TPSA) is 92.4 Å². The van der Waals surface area contributed by atoms with Crippen LogP contribution in [0, 0.1) is 0 Å². The van der Waals surface area contributed by atoms with Crippen molar-refractivity contribution in [1.29, 1.82) is 0 Å². The molecule has 0 spiro atoms. The SMILES string of the molecule is N[C@@H](CCC(=O)Nc1ccccc1Cl)C(=O)O. The lowest BCUT2D eigenvalue weighted by atomic mass is 10.1. The van der Waals surface area contributed by atoms with Crippen LogP contribution in [0.5, 0.6) is 0 Å². The molecule has 0 aliphatic rings. The van der Waals surface area contributed by atoms with E-state index >= 15 is 0 Å². The number of carboxylic acids is 1. The van der Waals surface area contributed by atoms with Crippen LogP contribution in [-0.4, -0.2) is 23.0 Å². The molecule has 1 amide bonds. The van der Waals surface area contributed by atoms with Crippen molar-refractivity contribution in [3.05, 3.63) is 29.3 Å². The first-order valence-corrected chi connectivity index (χ1v) is 5.41. The first-order chi connectivity index (χ1) is 8.00. The van der Waals surface area contributed by atoms with E-state index in [1.165, 1.54) is 0 Å². The molecule has 0 aromatic heterocycles. The van der Waals surface area contributed by atoms with Gasteiger partial charge in [-0.1, -0.05) is 23.7 Å². The van der Waals surface area contributed by atoms with E-state index in [9.17, 15) is 9.59 Å². The Morgan fingerprint density at radius 3 is 2.65 bits per heavy atom. The third-order valence-electron chi connectivity index (χ3n) is 2.15. The van der Waals surface area contributed by atoms with Crippen LogP contribution in [0.4, 0.5) is 5.69 Å². The second-order valence-electron chi connectivity index (χ2n) is 3.51. The lowest BCUT2D eigenvalue weighted by molar-refractivity contribution is -0.138. The average Bonchev–Trinajstić information content (AvgIpc) is 2.29. The van der Waals surface area contributed by atoms with Crippen LogP contribution in [0.1, 0.15) is 12.8 Å². The molecule has 4 N–H and O–H groups in total. The second-order valence-corrected chi connectivity index (χ2v) is 3.92. The normalized spacial score (nSPS) is 11.9. The summed E-state index contributed by atoms with van der Waals surface area (Å²) in [5, 5.41) is 11.6. The molecule has 0 radical (unpaired) electrons. The van der Waals surface area contributed by atoms with Gasteiger partial charge in [-0.2, -0.15) is 0 Å². The quantitative estimate of drug-likeness (QED) is 0.744. The summed E-state index contributed by atoms with van der Waals surface area (Å²) in [6.45, 7) is 0. The number of nitrogens with one attached hydrogen (secondary N) is 1. The van der Waals surface area contributed by atoms with E-state index in [0.717, 1.165) is 0 Å². The number of para-hydroxylation sites is 1. The van der Waals surface area contributed by atoms with Crippen molar-refractivity contribution in [3.63, 3.8) is 0 Å². The Labute approximate surface area is 104 Å². The van der Waals surface area contributed by atoms with Gasteiger partial charge < -0.3 is 16.2 Å². The Kier molecular flexibility index (Phi) is 4.93. The number of amides is 1. The van der Waals surface area contributed by atoms with Gasteiger partial charge in [0.05, 0.1) is 10.7 Å². The fraction of sp³-hybridized carbons (Fsp3) is 0.273. The number of aliphatic carboxylic acids is 1. The molecule has 0 unspecified atom stereocenters. The highest BCUT2D eigenvalue weighted by atomic mass is 35.5. The zero-order chi connectivity index (χ0) is 12.8. The fourth-order valence-corrected chi connectivity index (χ4v) is 1.37. The maximum Gasteiger partial charge on any atom is 0.320 e. The van der Waals surface area contributed by atoms with Gasteiger partial charge in [0.15, 0.2) is 0 Å². The van der Waals surface area contributed by atoms with Crippen LogP contribution in [0.25, 0.3) is 0 Å². The molecule has 0 heterocycles. The Bertz CT molecular complexity index is 423. The number of nitrogens with two attached hydrogens (primary N) is 1. The molecule has 1 aromatic rings. The first-order valence-electron chi connectivity index (χ1n) is 5.03. The van der Waals surface area contributed by atoms with Crippen LogP contribution in [0.15, 0.2) is 24.3 Å². The Balaban J connectivity index is 2.46. The van der Waals surface area contributed by atoms with Gasteiger partial charge in [0.2, 0.25) is 5.91 Å². The molecule has 0 bridgehead atoms. The highest BCUT2D eigenvalue weighted by Gasteiger charge is 2.13. The van der Waals surface area contributed by atoms with Crippen molar-refractivity contribution < 1.29 is 14.7 Å². The van der Waals surface area contributed by atoms with Gasteiger partial charge in [-0.25, -0.2) is 0 Å². The van der Waals surface area contributed by atoms with Crippen LogP contribution >= 0.6 is 11.6 Å². The van der Waals surface area contributed by atoms with E-state index in [-0.39, 0.29) is 18.7 Å². The lowest BCUT2D eigenvalue weighted by Gasteiger charge is -2.08. The summed E-state index contributed by atoms with van der Waals surface area (Å²) >= 11 is 5.85. The molecule has 1 rings (SSSR count). The molecular weight excluding hydrogens is 244 g/mol. The minimum absolute atomic E-state index is 0.0404. The summed E-state index contributed by atoms with van der Waals surface area (Å²) in [6.07, 6.45) is 0.129. The number of hydrogen-bond donors (Lipinski definition) is 3. The Hall–Kier alpha value is -1.59. The first kappa shape index (κ1) is 13.5. The van der Waals surface area contributed by atoms with E-state index in [4.69, 9.17) is 22.4 Å². The van der Waals surface area contributed by atoms with E-state index in [1.54, 1.807) is 24.3 Å². The summed E-state index contributed by atoms with van der Waals surface area (Å²) in [6, 6.07) is 5.78. The lowest BCUT2D eigenvalue weighted by Crippen LogP contribution is -2.31. The van der Waals surface area contributed by atoms with Crippen LogP contribution in [0.3, 0.4) is 0 Å². The fourth-order valence-electron chi connectivity index (χ4n) is 1.19. The number of benzene rings is 1. The monoisotopic (exact) mass is 256 g/mol. The van der Waals surface area contributed by atoms with E-state index in [2.05, 4.69) is 5.32 Å². The van der Waals surface area contributed by atoms with Gasteiger partial charge in [0.1, 0.15) is 6.04 Å². The Morgan fingerprint density at radius 2 is 2.06 bits per heavy atom.